The van der Waals surface area contributed by atoms with Crippen LogP contribution in [0.25, 0.3) is 0 Å². The fraction of sp³-hybridized carbons (Fsp3) is 0.533. The SMILES string of the molecule is CC(C)(C)OC(=O)C1CN(c2ccc(N)cc2)CCN1. The van der Waals surface area contributed by atoms with Gasteiger partial charge in [-0.1, -0.05) is 0 Å². The van der Waals surface area contributed by atoms with Gasteiger partial charge in [0, 0.05) is 31.0 Å². The number of rotatable bonds is 2. The van der Waals surface area contributed by atoms with Crippen LogP contribution in [0.1, 0.15) is 20.8 Å². The molecule has 0 spiro atoms. The van der Waals surface area contributed by atoms with E-state index in [9.17, 15) is 4.79 Å². The molecule has 2 rings (SSSR count). The van der Waals surface area contributed by atoms with E-state index in [4.69, 9.17) is 10.5 Å². The number of hydrogen-bond acceptors (Lipinski definition) is 5. The van der Waals surface area contributed by atoms with E-state index >= 15 is 0 Å². The summed E-state index contributed by atoms with van der Waals surface area (Å²) in [6.07, 6.45) is 0. The molecular formula is C15H23N3O2. The zero-order valence-corrected chi connectivity index (χ0v) is 12.3. The standard InChI is InChI=1S/C15H23N3O2/c1-15(2,3)20-14(19)13-10-18(9-8-17-13)12-6-4-11(16)5-7-12/h4-7,13,17H,8-10,16H2,1-3H3. The third-order valence-corrected chi connectivity index (χ3v) is 3.12. The average molecular weight is 277 g/mol. The maximum Gasteiger partial charge on any atom is 0.325 e. The topological polar surface area (TPSA) is 67.6 Å². The van der Waals surface area contributed by atoms with Crippen LogP contribution in [0.15, 0.2) is 24.3 Å². The first kappa shape index (κ1) is 14.7. The van der Waals surface area contributed by atoms with E-state index in [0.29, 0.717) is 6.54 Å². The van der Waals surface area contributed by atoms with Crippen LogP contribution >= 0.6 is 0 Å². The van der Waals surface area contributed by atoms with Crippen LogP contribution in [0.2, 0.25) is 0 Å². The van der Waals surface area contributed by atoms with Gasteiger partial charge in [0.1, 0.15) is 11.6 Å². The van der Waals surface area contributed by atoms with Crippen LogP contribution in [0.3, 0.4) is 0 Å². The lowest BCUT2D eigenvalue weighted by atomic mass is 10.1. The predicted molar refractivity (Wildman–Crippen MR) is 80.7 cm³/mol. The van der Waals surface area contributed by atoms with Crippen molar-refractivity contribution in [1.82, 2.24) is 5.32 Å². The van der Waals surface area contributed by atoms with Crippen molar-refractivity contribution in [3.8, 4) is 0 Å². The largest absolute Gasteiger partial charge is 0.459 e. The molecule has 3 N–H and O–H groups in total. The van der Waals surface area contributed by atoms with E-state index < -0.39 is 5.60 Å². The van der Waals surface area contributed by atoms with Crippen molar-refractivity contribution < 1.29 is 9.53 Å². The Hall–Kier alpha value is -1.75. The molecule has 110 valence electrons. The molecule has 20 heavy (non-hydrogen) atoms. The second kappa shape index (κ2) is 5.71. The van der Waals surface area contributed by atoms with Gasteiger partial charge in [0.25, 0.3) is 0 Å². The molecule has 1 saturated heterocycles. The lowest BCUT2D eigenvalue weighted by Crippen LogP contribution is -2.55. The van der Waals surface area contributed by atoms with E-state index in [2.05, 4.69) is 10.2 Å². The van der Waals surface area contributed by atoms with Gasteiger partial charge in [0.15, 0.2) is 0 Å². The molecule has 1 heterocycles. The molecule has 0 bridgehead atoms. The highest BCUT2D eigenvalue weighted by Gasteiger charge is 2.29. The van der Waals surface area contributed by atoms with Crippen molar-refractivity contribution in [3.63, 3.8) is 0 Å². The third-order valence-electron chi connectivity index (χ3n) is 3.12. The lowest BCUT2D eigenvalue weighted by Gasteiger charge is -2.35. The molecule has 1 fully saturated rings. The number of benzene rings is 1. The molecule has 1 aliphatic heterocycles. The summed E-state index contributed by atoms with van der Waals surface area (Å²) in [6, 6.07) is 7.42. The van der Waals surface area contributed by atoms with Crippen LogP contribution < -0.4 is 16.0 Å². The first-order valence-corrected chi connectivity index (χ1v) is 6.92. The number of nitrogens with one attached hydrogen (secondary N) is 1. The summed E-state index contributed by atoms with van der Waals surface area (Å²) in [5.74, 6) is -0.197. The van der Waals surface area contributed by atoms with Crippen LogP contribution in [0.4, 0.5) is 11.4 Å². The van der Waals surface area contributed by atoms with Crippen LogP contribution in [0, 0.1) is 0 Å². The number of carbonyl (C=O) groups excluding carboxylic acids is 1. The second-order valence-electron chi connectivity index (χ2n) is 6.08. The van der Waals surface area contributed by atoms with E-state index in [1.165, 1.54) is 0 Å². The predicted octanol–water partition coefficient (Wildman–Crippen LogP) is 1.39. The average Bonchev–Trinajstić information content (AvgIpc) is 2.38. The van der Waals surface area contributed by atoms with Gasteiger partial charge in [0.05, 0.1) is 0 Å². The molecule has 0 aromatic heterocycles. The monoisotopic (exact) mass is 277 g/mol. The molecule has 5 heteroatoms. The van der Waals surface area contributed by atoms with Crippen molar-refractivity contribution in [3.05, 3.63) is 24.3 Å². The number of nitrogens with zero attached hydrogens (tertiary/aromatic N) is 1. The summed E-state index contributed by atoms with van der Waals surface area (Å²) in [7, 11) is 0. The first-order valence-electron chi connectivity index (χ1n) is 6.92. The Bertz CT molecular complexity index is 465. The van der Waals surface area contributed by atoms with Gasteiger partial charge in [-0.2, -0.15) is 0 Å². The van der Waals surface area contributed by atoms with Crippen molar-refractivity contribution in [2.75, 3.05) is 30.3 Å². The highest BCUT2D eigenvalue weighted by atomic mass is 16.6. The summed E-state index contributed by atoms with van der Waals surface area (Å²) >= 11 is 0. The molecule has 1 aromatic carbocycles. The zero-order chi connectivity index (χ0) is 14.8. The number of nitrogens with two attached hydrogens (primary N) is 1. The quantitative estimate of drug-likeness (QED) is 0.631. The summed E-state index contributed by atoms with van der Waals surface area (Å²) in [5.41, 5.74) is 7.06. The van der Waals surface area contributed by atoms with Crippen LogP contribution in [-0.4, -0.2) is 37.2 Å². The minimum absolute atomic E-state index is 0.197. The molecule has 1 aliphatic rings. The van der Waals surface area contributed by atoms with Crippen LogP contribution in [-0.2, 0) is 9.53 Å². The fourth-order valence-electron chi connectivity index (χ4n) is 2.20. The van der Waals surface area contributed by atoms with Crippen molar-refractivity contribution >= 4 is 17.3 Å². The summed E-state index contributed by atoms with van der Waals surface area (Å²) in [6.45, 7) is 7.87. The maximum absolute atomic E-state index is 12.1. The fourth-order valence-corrected chi connectivity index (χ4v) is 2.20. The summed E-state index contributed by atoms with van der Waals surface area (Å²) < 4.78 is 5.43. The first-order chi connectivity index (χ1) is 9.35. The second-order valence-corrected chi connectivity index (χ2v) is 6.08. The molecular weight excluding hydrogens is 254 g/mol. The smallest absolute Gasteiger partial charge is 0.325 e. The van der Waals surface area contributed by atoms with Gasteiger partial charge < -0.3 is 20.7 Å². The molecule has 1 unspecified atom stereocenters. The Morgan fingerprint density at radius 2 is 2.00 bits per heavy atom. The number of esters is 1. The zero-order valence-electron chi connectivity index (χ0n) is 12.3. The maximum atomic E-state index is 12.1. The van der Waals surface area contributed by atoms with Gasteiger partial charge >= 0.3 is 5.97 Å². The number of anilines is 2. The number of hydrogen-bond donors (Lipinski definition) is 2. The molecule has 1 aromatic rings. The Morgan fingerprint density at radius 1 is 1.35 bits per heavy atom. The minimum atomic E-state index is -0.456. The number of carbonyl (C=O) groups is 1. The molecule has 0 radical (unpaired) electrons. The Kier molecular flexibility index (Phi) is 4.18. The van der Waals surface area contributed by atoms with Crippen LogP contribution in [0.5, 0.6) is 0 Å². The van der Waals surface area contributed by atoms with Gasteiger partial charge in [-0.25, -0.2) is 0 Å². The van der Waals surface area contributed by atoms with E-state index in [1.54, 1.807) is 0 Å². The highest BCUT2D eigenvalue weighted by Crippen LogP contribution is 2.19. The van der Waals surface area contributed by atoms with Crippen molar-refractivity contribution in [2.45, 2.75) is 32.4 Å². The van der Waals surface area contributed by atoms with Gasteiger partial charge in [0.2, 0.25) is 0 Å². The summed E-state index contributed by atoms with van der Waals surface area (Å²) in [5, 5.41) is 3.21. The number of ether oxygens (including phenoxy) is 1. The Labute approximate surface area is 120 Å². The van der Waals surface area contributed by atoms with Gasteiger partial charge in [-0.05, 0) is 45.0 Å². The molecule has 5 nitrogen and oxygen atoms in total. The Balaban J connectivity index is 2.01. The van der Waals surface area contributed by atoms with Gasteiger partial charge in [-0.15, -0.1) is 0 Å². The third kappa shape index (κ3) is 3.87. The van der Waals surface area contributed by atoms with Crippen molar-refractivity contribution in [1.29, 1.82) is 0 Å². The molecule has 0 aliphatic carbocycles. The van der Waals surface area contributed by atoms with E-state index in [-0.39, 0.29) is 12.0 Å². The van der Waals surface area contributed by atoms with Crippen molar-refractivity contribution in [2.24, 2.45) is 0 Å². The van der Waals surface area contributed by atoms with E-state index in [1.807, 2.05) is 45.0 Å². The molecule has 1 atom stereocenters. The highest BCUT2D eigenvalue weighted by molar-refractivity contribution is 5.77. The van der Waals surface area contributed by atoms with E-state index in [0.717, 1.165) is 24.5 Å². The number of piperazine rings is 1. The number of nitrogen functional groups attached to an aromatic ring is 1. The molecule has 0 saturated carbocycles. The molecule has 0 amide bonds. The normalized spacial score (nSPS) is 19.8. The minimum Gasteiger partial charge on any atom is -0.459 e. The lowest BCUT2D eigenvalue weighted by molar-refractivity contribution is -0.157. The van der Waals surface area contributed by atoms with Gasteiger partial charge in [-0.3, -0.25) is 4.79 Å². The Morgan fingerprint density at radius 3 is 2.60 bits per heavy atom. The summed E-state index contributed by atoms with van der Waals surface area (Å²) in [4.78, 5) is 14.3.